The van der Waals surface area contributed by atoms with Crippen molar-refractivity contribution in [3.05, 3.63) is 24.1 Å². The fourth-order valence-corrected chi connectivity index (χ4v) is 2.56. The zero-order valence-corrected chi connectivity index (χ0v) is 7.91. The Hall–Kier alpha value is -1.12. The predicted octanol–water partition coefficient (Wildman–Crippen LogP) is 2.43. The second-order valence-electron chi connectivity index (χ2n) is 4.33. The average Bonchev–Trinajstić information content (AvgIpc) is 2.84. The number of fused-ring (bicyclic) bond motifs is 1. The molecular weight excluding hydrogens is 179 g/mol. The van der Waals surface area contributed by atoms with E-state index in [9.17, 15) is 4.39 Å². The van der Waals surface area contributed by atoms with E-state index in [0.29, 0.717) is 11.9 Å². The molecule has 0 saturated heterocycles. The number of rotatable bonds is 2. The van der Waals surface area contributed by atoms with E-state index in [2.05, 4.69) is 10.3 Å². The lowest BCUT2D eigenvalue weighted by Crippen LogP contribution is -2.19. The second-order valence-corrected chi connectivity index (χ2v) is 4.33. The third-order valence-corrected chi connectivity index (χ3v) is 3.39. The number of hydrogen-bond acceptors (Lipinski definition) is 2. The van der Waals surface area contributed by atoms with Crippen molar-refractivity contribution >= 4 is 5.82 Å². The highest BCUT2D eigenvalue weighted by Crippen LogP contribution is 2.52. The molecule has 3 unspecified atom stereocenters. The van der Waals surface area contributed by atoms with Gasteiger partial charge in [0.05, 0.1) is 0 Å². The Kier molecular flexibility index (Phi) is 1.72. The Labute approximate surface area is 82.5 Å². The monoisotopic (exact) mass is 192 g/mol. The van der Waals surface area contributed by atoms with Crippen LogP contribution >= 0.6 is 0 Å². The van der Waals surface area contributed by atoms with Crippen molar-refractivity contribution < 1.29 is 4.39 Å². The van der Waals surface area contributed by atoms with Gasteiger partial charge in [0, 0.05) is 6.04 Å². The standard InChI is InChI=1S/C11H13FN2/c12-10-2-1-3-11(14-10)13-9-5-4-7-6-8(7)9/h1-3,7-9H,4-6H2,(H,13,14). The Morgan fingerprint density at radius 1 is 1.36 bits per heavy atom. The highest BCUT2D eigenvalue weighted by molar-refractivity contribution is 5.36. The van der Waals surface area contributed by atoms with Crippen molar-refractivity contribution in [1.82, 2.24) is 4.98 Å². The smallest absolute Gasteiger partial charge is 0.214 e. The molecule has 0 amide bonds. The minimum atomic E-state index is -0.402. The molecule has 1 aromatic rings. The molecule has 14 heavy (non-hydrogen) atoms. The molecule has 0 aromatic carbocycles. The molecule has 2 saturated carbocycles. The van der Waals surface area contributed by atoms with E-state index >= 15 is 0 Å². The molecule has 0 spiro atoms. The van der Waals surface area contributed by atoms with Gasteiger partial charge in [0.1, 0.15) is 5.82 Å². The molecule has 2 aliphatic carbocycles. The van der Waals surface area contributed by atoms with E-state index in [-0.39, 0.29) is 0 Å². The first-order chi connectivity index (χ1) is 6.83. The second kappa shape index (κ2) is 2.94. The molecule has 1 heterocycles. The Morgan fingerprint density at radius 2 is 2.29 bits per heavy atom. The van der Waals surface area contributed by atoms with E-state index in [1.54, 1.807) is 6.07 Å². The van der Waals surface area contributed by atoms with Crippen molar-refractivity contribution in [3.8, 4) is 0 Å². The topological polar surface area (TPSA) is 24.9 Å². The summed E-state index contributed by atoms with van der Waals surface area (Å²) in [6, 6.07) is 5.44. The summed E-state index contributed by atoms with van der Waals surface area (Å²) in [5, 5.41) is 3.32. The third-order valence-electron chi connectivity index (χ3n) is 3.39. The lowest BCUT2D eigenvalue weighted by molar-refractivity contribution is 0.581. The maximum atomic E-state index is 12.8. The summed E-state index contributed by atoms with van der Waals surface area (Å²) in [6.45, 7) is 0. The number of nitrogens with zero attached hydrogens (tertiary/aromatic N) is 1. The average molecular weight is 192 g/mol. The van der Waals surface area contributed by atoms with Crippen LogP contribution < -0.4 is 5.32 Å². The van der Waals surface area contributed by atoms with Crippen LogP contribution in [0.4, 0.5) is 10.2 Å². The molecule has 2 aliphatic rings. The van der Waals surface area contributed by atoms with Gasteiger partial charge in [0.2, 0.25) is 5.95 Å². The van der Waals surface area contributed by atoms with Gasteiger partial charge in [0.15, 0.2) is 0 Å². The van der Waals surface area contributed by atoms with Crippen molar-refractivity contribution in [2.75, 3.05) is 5.32 Å². The number of halogens is 1. The van der Waals surface area contributed by atoms with Crippen LogP contribution in [-0.2, 0) is 0 Å². The number of anilines is 1. The van der Waals surface area contributed by atoms with E-state index in [4.69, 9.17) is 0 Å². The van der Waals surface area contributed by atoms with Crippen molar-refractivity contribution in [1.29, 1.82) is 0 Å². The molecule has 1 aromatic heterocycles. The first-order valence-electron chi connectivity index (χ1n) is 5.22. The SMILES string of the molecule is Fc1cccc(NC2CCC3CC32)n1. The summed E-state index contributed by atoms with van der Waals surface area (Å²) >= 11 is 0. The quantitative estimate of drug-likeness (QED) is 0.728. The fourth-order valence-electron chi connectivity index (χ4n) is 2.56. The zero-order chi connectivity index (χ0) is 9.54. The third kappa shape index (κ3) is 1.37. The molecule has 1 N–H and O–H groups in total. The van der Waals surface area contributed by atoms with Crippen LogP contribution in [0.15, 0.2) is 18.2 Å². The minimum absolute atomic E-state index is 0.402. The summed E-state index contributed by atoms with van der Waals surface area (Å²) in [6.07, 6.45) is 3.90. The molecule has 0 radical (unpaired) electrons. The first kappa shape index (κ1) is 8.21. The van der Waals surface area contributed by atoms with Gasteiger partial charge < -0.3 is 5.32 Å². The molecule has 2 fully saturated rings. The summed E-state index contributed by atoms with van der Waals surface area (Å²) in [4.78, 5) is 3.81. The minimum Gasteiger partial charge on any atom is -0.367 e. The predicted molar refractivity (Wildman–Crippen MR) is 52.4 cm³/mol. The van der Waals surface area contributed by atoms with E-state index in [1.165, 1.54) is 25.3 Å². The summed E-state index contributed by atoms with van der Waals surface area (Å²) in [7, 11) is 0. The van der Waals surface area contributed by atoms with E-state index in [1.807, 2.05) is 6.07 Å². The largest absolute Gasteiger partial charge is 0.367 e. The van der Waals surface area contributed by atoms with Crippen molar-refractivity contribution in [3.63, 3.8) is 0 Å². The van der Waals surface area contributed by atoms with Gasteiger partial charge in [0.25, 0.3) is 0 Å². The molecule has 3 atom stereocenters. The van der Waals surface area contributed by atoms with Gasteiger partial charge in [-0.2, -0.15) is 4.39 Å². The first-order valence-corrected chi connectivity index (χ1v) is 5.22. The Morgan fingerprint density at radius 3 is 2.93 bits per heavy atom. The van der Waals surface area contributed by atoms with Gasteiger partial charge in [-0.1, -0.05) is 6.07 Å². The number of pyridine rings is 1. The van der Waals surface area contributed by atoms with Crippen LogP contribution in [0.2, 0.25) is 0 Å². The van der Waals surface area contributed by atoms with Crippen LogP contribution in [0.3, 0.4) is 0 Å². The maximum Gasteiger partial charge on any atom is 0.214 e. The van der Waals surface area contributed by atoms with Gasteiger partial charge in [-0.15, -0.1) is 0 Å². The van der Waals surface area contributed by atoms with Crippen LogP contribution in [-0.4, -0.2) is 11.0 Å². The van der Waals surface area contributed by atoms with Crippen LogP contribution in [0.5, 0.6) is 0 Å². The van der Waals surface area contributed by atoms with Gasteiger partial charge in [-0.25, -0.2) is 4.98 Å². The lowest BCUT2D eigenvalue weighted by Gasteiger charge is -2.14. The molecule has 0 bridgehead atoms. The van der Waals surface area contributed by atoms with Crippen molar-refractivity contribution in [2.24, 2.45) is 11.8 Å². The fraction of sp³-hybridized carbons (Fsp3) is 0.545. The zero-order valence-electron chi connectivity index (χ0n) is 7.91. The molecule has 3 rings (SSSR count). The lowest BCUT2D eigenvalue weighted by atomic mass is 10.2. The number of hydrogen-bond donors (Lipinski definition) is 1. The van der Waals surface area contributed by atoms with Crippen molar-refractivity contribution in [2.45, 2.75) is 25.3 Å². The van der Waals surface area contributed by atoms with Crippen LogP contribution in [0.25, 0.3) is 0 Å². The normalized spacial score (nSPS) is 33.9. The van der Waals surface area contributed by atoms with Gasteiger partial charge in [-0.05, 0) is 43.2 Å². The van der Waals surface area contributed by atoms with Gasteiger partial charge >= 0.3 is 0 Å². The Bertz CT molecular complexity index is 353. The van der Waals surface area contributed by atoms with E-state index in [0.717, 1.165) is 11.8 Å². The highest BCUT2D eigenvalue weighted by Gasteiger charge is 2.47. The maximum absolute atomic E-state index is 12.8. The highest BCUT2D eigenvalue weighted by atomic mass is 19.1. The molecule has 3 heteroatoms. The number of nitrogens with one attached hydrogen (secondary N) is 1. The van der Waals surface area contributed by atoms with Crippen LogP contribution in [0.1, 0.15) is 19.3 Å². The molecule has 74 valence electrons. The molecule has 0 aliphatic heterocycles. The van der Waals surface area contributed by atoms with Gasteiger partial charge in [-0.3, -0.25) is 0 Å². The van der Waals surface area contributed by atoms with E-state index < -0.39 is 5.95 Å². The summed E-state index contributed by atoms with van der Waals surface area (Å²) < 4.78 is 12.8. The molecule has 2 nitrogen and oxygen atoms in total. The summed E-state index contributed by atoms with van der Waals surface area (Å²) in [5.41, 5.74) is 0. The summed E-state index contributed by atoms with van der Waals surface area (Å²) in [5.74, 6) is 2.06. The molecular formula is C11H13FN2. The number of aromatic nitrogens is 1. The van der Waals surface area contributed by atoms with Crippen LogP contribution in [0, 0.1) is 17.8 Å². The Balaban J connectivity index is 1.71.